The molecule has 2 rings (SSSR count). The van der Waals surface area contributed by atoms with Crippen molar-refractivity contribution in [3.8, 4) is 0 Å². The molecular formula is C13H15N3O4S. The van der Waals surface area contributed by atoms with Gasteiger partial charge in [0.2, 0.25) is 5.91 Å². The number of aromatic nitrogens is 1. The molecule has 0 aliphatic rings. The number of benzene rings is 1. The maximum Gasteiger partial charge on any atom is 0.273 e. The normalized spacial score (nSPS) is 11.4. The minimum atomic E-state index is -4.08. The van der Waals surface area contributed by atoms with E-state index in [1.165, 1.54) is 24.3 Å². The third-order valence-corrected chi connectivity index (χ3v) is 4.79. The molecule has 1 aromatic carbocycles. The SMILES string of the molecule is CC(=O)N(c1onc(C)c1C)S(=O)(=O)c1ccc(N)cc1. The quantitative estimate of drug-likeness (QED) is 0.863. The molecule has 1 aromatic heterocycles. The Hall–Kier alpha value is -2.35. The third-order valence-electron chi connectivity index (χ3n) is 3.02. The van der Waals surface area contributed by atoms with Crippen LogP contribution in [0.4, 0.5) is 11.6 Å². The largest absolute Gasteiger partial charge is 0.399 e. The van der Waals surface area contributed by atoms with Gasteiger partial charge in [0.25, 0.3) is 15.9 Å². The number of aryl methyl sites for hydroxylation is 1. The van der Waals surface area contributed by atoms with E-state index in [4.69, 9.17) is 10.3 Å². The molecule has 0 spiro atoms. The average Bonchev–Trinajstić information content (AvgIpc) is 2.71. The first-order valence-electron chi connectivity index (χ1n) is 6.09. The number of carbonyl (C=O) groups is 1. The van der Waals surface area contributed by atoms with Gasteiger partial charge in [-0.15, -0.1) is 0 Å². The summed E-state index contributed by atoms with van der Waals surface area (Å²) in [6.45, 7) is 4.44. The molecule has 2 N–H and O–H groups in total. The number of rotatable bonds is 3. The highest BCUT2D eigenvalue weighted by molar-refractivity contribution is 7.93. The summed E-state index contributed by atoms with van der Waals surface area (Å²) in [5, 5.41) is 3.69. The van der Waals surface area contributed by atoms with Crippen LogP contribution >= 0.6 is 0 Å². The van der Waals surface area contributed by atoms with E-state index >= 15 is 0 Å². The van der Waals surface area contributed by atoms with Gasteiger partial charge in [-0.1, -0.05) is 5.16 Å². The fourth-order valence-electron chi connectivity index (χ4n) is 1.76. The van der Waals surface area contributed by atoms with Gasteiger partial charge in [-0.05, 0) is 38.1 Å². The summed E-state index contributed by atoms with van der Waals surface area (Å²) in [4.78, 5) is 11.8. The lowest BCUT2D eigenvalue weighted by molar-refractivity contribution is -0.115. The Morgan fingerprint density at radius 2 is 1.81 bits per heavy atom. The zero-order valence-corrected chi connectivity index (χ0v) is 12.6. The van der Waals surface area contributed by atoms with E-state index in [1.807, 2.05) is 0 Å². The van der Waals surface area contributed by atoms with Gasteiger partial charge in [-0.25, -0.2) is 8.42 Å². The van der Waals surface area contributed by atoms with Crippen LogP contribution in [0.15, 0.2) is 33.7 Å². The number of amides is 1. The third kappa shape index (κ3) is 2.62. The molecule has 0 saturated heterocycles. The Morgan fingerprint density at radius 1 is 1.24 bits per heavy atom. The van der Waals surface area contributed by atoms with Crippen LogP contribution in [0.1, 0.15) is 18.2 Å². The van der Waals surface area contributed by atoms with Crippen LogP contribution in [0.3, 0.4) is 0 Å². The van der Waals surface area contributed by atoms with E-state index in [1.54, 1.807) is 13.8 Å². The first-order chi connectivity index (χ1) is 9.75. The predicted octanol–water partition coefficient (Wildman–Crippen LogP) is 1.62. The van der Waals surface area contributed by atoms with E-state index in [0.717, 1.165) is 6.92 Å². The molecule has 7 nitrogen and oxygen atoms in total. The van der Waals surface area contributed by atoms with Crippen LogP contribution in [0, 0.1) is 13.8 Å². The number of sulfonamides is 1. The standard InChI is InChI=1S/C13H15N3O4S/c1-8-9(2)15-20-13(8)16(10(3)17)21(18,19)12-6-4-11(14)5-7-12/h4-7H,14H2,1-3H3. The highest BCUT2D eigenvalue weighted by Crippen LogP contribution is 2.28. The van der Waals surface area contributed by atoms with Gasteiger partial charge < -0.3 is 10.3 Å². The number of anilines is 2. The van der Waals surface area contributed by atoms with Crippen LogP contribution < -0.4 is 10.0 Å². The van der Waals surface area contributed by atoms with E-state index < -0.39 is 15.9 Å². The number of hydrogen-bond acceptors (Lipinski definition) is 6. The molecule has 0 saturated carbocycles. The minimum absolute atomic E-state index is 0.0552. The summed E-state index contributed by atoms with van der Waals surface area (Å²) in [5.41, 5.74) is 6.97. The van der Waals surface area contributed by atoms with E-state index in [0.29, 0.717) is 21.2 Å². The lowest BCUT2D eigenvalue weighted by atomic mass is 10.3. The van der Waals surface area contributed by atoms with Gasteiger partial charge in [0.1, 0.15) is 0 Å². The van der Waals surface area contributed by atoms with Crippen LogP contribution in [0.25, 0.3) is 0 Å². The Kier molecular flexibility index (Phi) is 3.73. The number of nitrogen functional groups attached to an aromatic ring is 1. The number of hydrogen-bond donors (Lipinski definition) is 1. The molecule has 0 aliphatic carbocycles. The first kappa shape index (κ1) is 15.0. The van der Waals surface area contributed by atoms with Crippen LogP contribution in [-0.2, 0) is 14.8 Å². The maximum atomic E-state index is 12.6. The van der Waals surface area contributed by atoms with Gasteiger partial charge in [0.15, 0.2) is 0 Å². The molecule has 0 aliphatic heterocycles. The number of nitrogens with zero attached hydrogens (tertiary/aromatic N) is 2. The topological polar surface area (TPSA) is 106 Å². The summed E-state index contributed by atoms with van der Waals surface area (Å²) in [5.74, 6) is -0.789. The molecule has 8 heteroatoms. The summed E-state index contributed by atoms with van der Waals surface area (Å²) in [6.07, 6.45) is 0. The molecule has 2 aromatic rings. The molecule has 0 radical (unpaired) electrons. The molecular weight excluding hydrogens is 294 g/mol. The highest BCUT2D eigenvalue weighted by atomic mass is 32.2. The van der Waals surface area contributed by atoms with Gasteiger partial charge in [0.05, 0.1) is 10.6 Å². The smallest absolute Gasteiger partial charge is 0.273 e. The van der Waals surface area contributed by atoms with Crippen molar-refractivity contribution in [1.29, 1.82) is 0 Å². The first-order valence-corrected chi connectivity index (χ1v) is 7.53. The van der Waals surface area contributed by atoms with Crippen LogP contribution in [0.5, 0.6) is 0 Å². The second-order valence-electron chi connectivity index (χ2n) is 4.56. The van der Waals surface area contributed by atoms with Gasteiger partial charge in [-0.3, -0.25) is 4.79 Å². The Labute approximate surface area is 122 Å². The van der Waals surface area contributed by atoms with Crippen molar-refractivity contribution in [1.82, 2.24) is 5.16 Å². The summed E-state index contributed by atoms with van der Waals surface area (Å²) < 4.78 is 30.9. The monoisotopic (exact) mass is 309 g/mol. The molecule has 0 fully saturated rings. The average molecular weight is 309 g/mol. The summed E-state index contributed by atoms with van der Waals surface area (Å²) >= 11 is 0. The fourth-order valence-corrected chi connectivity index (χ4v) is 3.18. The van der Waals surface area contributed by atoms with E-state index in [-0.39, 0.29) is 10.8 Å². The Balaban J connectivity index is 2.60. The van der Waals surface area contributed by atoms with Crippen molar-refractivity contribution < 1.29 is 17.7 Å². The zero-order chi connectivity index (χ0) is 15.8. The van der Waals surface area contributed by atoms with Crippen molar-refractivity contribution in [3.05, 3.63) is 35.5 Å². The zero-order valence-electron chi connectivity index (χ0n) is 11.8. The fraction of sp³-hybridized carbons (Fsp3) is 0.231. The lowest BCUT2D eigenvalue weighted by Gasteiger charge is -2.18. The number of nitrogens with two attached hydrogens (primary N) is 1. The minimum Gasteiger partial charge on any atom is -0.399 e. The molecule has 1 heterocycles. The van der Waals surface area contributed by atoms with Crippen LogP contribution in [0.2, 0.25) is 0 Å². The van der Waals surface area contributed by atoms with Crippen molar-refractivity contribution in [2.75, 3.05) is 10.0 Å². The van der Waals surface area contributed by atoms with Crippen LogP contribution in [-0.4, -0.2) is 19.5 Å². The van der Waals surface area contributed by atoms with Gasteiger partial charge in [0, 0.05) is 18.2 Å². The van der Waals surface area contributed by atoms with Crippen molar-refractivity contribution >= 4 is 27.5 Å². The molecule has 21 heavy (non-hydrogen) atoms. The summed E-state index contributed by atoms with van der Waals surface area (Å²) in [6, 6.07) is 5.56. The lowest BCUT2D eigenvalue weighted by Crippen LogP contribution is -2.35. The molecule has 1 amide bonds. The Morgan fingerprint density at radius 3 is 2.24 bits per heavy atom. The van der Waals surface area contributed by atoms with Crippen molar-refractivity contribution in [3.63, 3.8) is 0 Å². The Bertz CT molecular complexity index is 778. The molecule has 0 unspecified atom stereocenters. The summed E-state index contributed by atoms with van der Waals surface area (Å²) in [7, 11) is -4.08. The second-order valence-corrected chi connectivity index (χ2v) is 6.34. The van der Waals surface area contributed by atoms with Crippen molar-refractivity contribution in [2.45, 2.75) is 25.7 Å². The molecule has 112 valence electrons. The second kappa shape index (κ2) is 5.21. The molecule has 0 atom stereocenters. The number of carbonyl (C=O) groups excluding carboxylic acids is 1. The van der Waals surface area contributed by atoms with Crippen molar-refractivity contribution in [2.24, 2.45) is 0 Å². The van der Waals surface area contributed by atoms with E-state index in [2.05, 4.69) is 5.16 Å². The van der Waals surface area contributed by atoms with Gasteiger partial charge >= 0.3 is 0 Å². The van der Waals surface area contributed by atoms with Gasteiger partial charge in [-0.2, -0.15) is 4.31 Å². The maximum absolute atomic E-state index is 12.6. The molecule has 0 bridgehead atoms. The predicted molar refractivity (Wildman–Crippen MR) is 77.2 cm³/mol. The highest BCUT2D eigenvalue weighted by Gasteiger charge is 2.33. The van der Waals surface area contributed by atoms with E-state index in [9.17, 15) is 13.2 Å².